The molecule has 1 aromatic carbocycles. The molecular formula is C14H22N2O2S. The number of carbonyl (C=O) groups is 1. The second-order valence-corrected chi connectivity index (χ2v) is 5.28. The number of ether oxygens (including phenoxy) is 1. The minimum Gasteiger partial charge on any atom is -0.493 e. The summed E-state index contributed by atoms with van der Waals surface area (Å²) in [6.45, 7) is 4.42. The van der Waals surface area contributed by atoms with Crippen molar-refractivity contribution >= 4 is 23.4 Å². The molecule has 2 N–H and O–H groups in total. The fourth-order valence-corrected chi connectivity index (χ4v) is 2.49. The number of nitrogens with zero attached hydrogens (tertiary/aromatic N) is 1. The molecule has 1 unspecified atom stereocenters. The number of carbonyl (C=O) groups excluding carboxylic acids is 1. The Morgan fingerprint density at radius 1 is 1.53 bits per heavy atom. The van der Waals surface area contributed by atoms with Gasteiger partial charge in [-0.3, -0.25) is 4.79 Å². The van der Waals surface area contributed by atoms with Crippen LogP contribution in [0.2, 0.25) is 0 Å². The molecule has 0 fully saturated rings. The van der Waals surface area contributed by atoms with Crippen LogP contribution in [0.3, 0.4) is 0 Å². The van der Waals surface area contributed by atoms with Crippen LogP contribution < -0.4 is 10.5 Å². The number of nitrogen functional groups attached to an aromatic ring is 1. The minimum atomic E-state index is -0.0944. The van der Waals surface area contributed by atoms with E-state index in [2.05, 4.69) is 0 Å². The lowest BCUT2D eigenvalue weighted by atomic mass is 10.1. The zero-order valence-corrected chi connectivity index (χ0v) is 12.8. The molecule has 0 bridgehead atoms. The standard InChI is InChI=1S/C14H22N2O2S/c1-5-18-12-8-6-7-11(15)13(12)14(17)16(3)10(2)9-19-4/h6-8,10H,5,9,15H2,1-4H3. The van der Waals surface area contributed by atoms with Crippen molar-refractivity contribution in [3.63, 3.8) is 0 Å². The lowest BCUT2D eigenvalue weighted by Gasteiger charge is -2.25. The van der Waals surface area contributed by atoms with E-state index in [4.69, 9.17) is 10.5 Å². The second-order valence-electron chi connectivity index (χ2n) is 4.37. The van der Waals surface area contributed by atoms with Gasteiger partial charge in [-0.15, -0.1) is 0 Å². The Balaban J connectivity index is 3.04. The monoisotopic (exact) mass is 282 g/mol. The molecule has 0 aliphatic carbocycles. The Labute approximate surface area is 119 Å². The highest BCUT2D eigenvalue weighted by Gasteiger charge is 2.22. The smallest absolute Gasteiger partial charge is 0.259 e. The Kier molecular flexibility index (Phi) is 6.02. The van der Waals surface area contributed by atoms with Crippen LogP contribution >= 0.6 is 11.8 Å². The molecule has 0 radical (unpaired) electrons. The Bertz CT molecular complexity index is 437. The van der Waals surface area contributed by atoms with E-state index in [1.165, 1.54) is 0 Å². The normalized spacial score (nSPS) is 12.0. The van der Waals surface area contributed by atoms with Crippen LogP contribution in [0.25, 0.3) is 0 Å². The molecule has 1 rings (SSSR count). The average Bonchev–Trinajstić information content (AvgIpc) is 2.38. The third kappa shape index (κ3) is 3.80. The zero-order valence-electron chi connectivity index (χ0n) is 12.0. The highest BCUT2D eigenvalue weighted by molar-refractivity contribution is 7.98. The van der Waals surface area contributed by atoms with Gasteiger partial charge in [-0.25, -0.2) is 0 Å². The molecule has 19 heavy (non-hydrogen) atoms. The second kappa shape index (κ2) is 7.28. The largest absolute Gasteiger partial charge is 0.493 e. The van der Waals surface area contributed by atoms with Crippen LogP contribution in [-0.4, -0.2) is 42.5 Å². The first kappa shape index (κ1) is 15.7. The Morgan fingerprint density at radius 3 is 2.79 bits per heavy atom. The van der Waals surface area contributed by atoms with Crippen molar-refractivity contribution in [2.45, 2.75) is 19.9 Å². The molecule has 4 nitrogen and oxygen atoms in total. The number of benzene rings is 1. The summed E-state index contributed by atoms with van der Waals surface area (Å²) in [5, 5.41) is 0. The molecular weight excluding hydrogens is 260 g/mol. The van der Waals surface area contributed by atoms with E-state index in [0.717, 1.165) is 5.75 Å². The van der Waals surface area contributed by atoms with Gasteiger partial charge < -0.3 is 15.4 Å². The summed E-state index contributed by atoms with van der Waals surface area (Å²) < 4.78 is 5.50. The van der Waals surface area contributed by atoms with Gasteiger partial charge in [0.2, 0.25) is 0 Å². The molecule has 0 saturated heterocycles. The summed E-state index contributed by atoms with van der Waals surface area (Å²) in [6.07, 6.45) is 2.03. The predicted octanol–water partition coefficient (Wildman–Crippen LogP) is 2.49. The maximum Gasteiger partial charge on any atom is 0.259 e. The lowest BCUT2D eigenvalue weighted by molar-refractivity contribution is 0.0754. The molecule has 1 amide bonds. The number of amides is 1. The molecule has 1 aromatic rings. The summed E-state index contributed by atoms with van der Waals surface area (Å²) in [6, 6.07) is 5.45. The van der Waals surface area contributed by atoms with E-state index >= 15 is 0 Å². The number of nitrogens with two attached hydrogens (primary N) is 1. The van der Waals surface area contributed by atoms with Crippen LogP contribution in [0.1, 0.15) is 24.2 Å². The van der Waals surface area contributed by atoms with Crippen LogP contribution in [0.4, 0.5) is 5.69 Å². The summed E-state index contributed by atoms with van der Waals surface area (Å²) in [5.41, 5.74) is 6.85. The van der Waals surface area contributed by atoms with Gasteiger partial charge in [-0.2, -0.15) is 11.8 Å². The number of thioether (sulfide) groups is 1. The van der Waals surface area contributed by atoms with Crippen LogP contribution in [0.15, 0.2) is 18.2 Å². The number of hydrogen-bond donors (Lipinski definition) is 1. The maximum absolute atomic E-state index is 12.5. The fourth-order valence-electron chi connectivity index (χ4n) is 1.78. The van der Waals surface area contributed by atoms with Gasteiger partial charge in [0.05, 0.1) is 6.61 Å². The van der Waals surface area contributed by atoms with Crippen LogP contribution in [-0.2, 0) is 0 Å². The van der Waals surface area contributed by atoms with Gasteiger partial charge in [-0.05, 0) is 32.2 Å². The van der Waals surface area contributed by atoms with E-state index in [1.807, 2.05) is 20.1 Å². The quantitative estimate of drug-likeness (QED) is 0.814. The highest BCUT2D eigenvalue weighted by Crippen LogP contribution is 2.26. The summed E-state index contributed by atoms with van der Waals surface area (Å²) in [5.74, 6) is 1.35. The topological polar surface area (TPSA) is 55.6 Å². The van der Waals surface area contributed by atoms with Gasteiger partial charge in [0, 0.05) is 24.5 Å². The maximum atomic E-state index is 12.5. The Hall–Kier alpha value is -1.36. The fraction of sp³-hybridized carbons (Fsp3) is 0.500. The van der Waals surface area contributed by atoms with E-state index in [1.54, 1.807) is 41.9 Å². The van der Waals surface area contributed by atoms with E-state index < -0.39 is 0 Å². The number of anilines is 1. The van der Waals surface area contributed by atoms with Crippen molar-refractivity contribution in [3.8, 4) is 5.75 Å². The third-order valence-electron chi connectivity index (χ3n) is 2.96. The minimum absolute atomic E-state index is 0.0944. The third-order valence-corrected chi connectivity index (χ3v) is 3.78. The molecule has 0 saturated carbocycles. The van der Waals surface area contributed by atoms with Gasteiger partial charge in [-0.1, -0.05) is 6.07 Å². The van der Waals surface area contributed by atoms with Crippen molar-refractivity contribution in [2.75, 3.05) is 31.4 Å². The van der Waals surface area contributed by atoms with E-state index in [9.17, 15) is 4.79 Å². The first-order valence-corrected chi connectivity index (χ1v) is 7.69. The molecule has 0 aliphatic heterocycles. The van der Waals surface area contributed by atoms with Gasteiger partial charge in [0.25, 0.3) is 5.91 Å². The molecule has 5 heteroatoms. The average molecular weight is 282 g/mol. The van der Waals surface area contributed by atoms with Gasteiger partial charge in [0.15, 0.2) is 0 Å². The summed E-state index contributed by atoms with van der Waals surface area (Å²) in [7, 11) is 1.80. The van der Waals surface area contributed by atoms with Crippen molar-refractivity contribution in [3.05, 3.63) is 23.8 Å². The molecule has 106 valence electrons. The predicted molar refractivity (Wildman–Crippen MR) is 82.0 cm³/mol. The first-order valence-electron chi connectivity index (χ1n) is 6.30. The highest BCUT2D eigenvalue weighted by atomic mass is 32.2. The summed E-state index contributed by atoms with van der Waals surface area (Å²) in [4.78, 5) is 14.2. The molecule has 0 aliphatic rings. The van der Waals surface area contributed by atoms with E-state index in [0.29, 0.717) is 23.6 Å². The Morgan fingerprint density at radius 2 is 2.21 bits per heavy atom. The van der Waals surface area contributed by atoms with Crippen LogP contribution in [0, 0.1) is 0 Å². The number of hydrogen-bond acceptors (Lipinski definition) is 4. The first-order chi connectivity index (χ1) is 9.02. The van der Waals surface area contributed by atoms with Gasteiger partial charge in [0.1, 0.15) is 11.3 Å². The van der Waals surface area contributed by atoms with Crippen LogP contribution in [0.5, 0.6) is 5.75 Å². The summed E-state index contributed by atoms with van der Waals surface area (Å²) >= 11 is 1.71. The molecule has 0 aromatic heterocycles. The molecule has 0 heterocycles. The molecule has 0 spiro atoms. The van der Waals surface area contributed by atoms with Gasteiger partial charge >= 0.3 is 0 Å². The zero-order chi connectivity index (χ0) is 14.4. The van der Waals surface area contributed by atoms with Crippen molar-refractivity contribution in [1.29, 1.82) is 0 Å². The SMILES string of the molecule is CCOc1cccc(N)c1C(=O)N(C)C(C)CSC. The van der Waals surface area contributed by atoms with Crippen molar-refractivity contribution in [1.82, 2.24) is 4.90 Å². The van der Waals surface area contributed by atoms with Crippen molar-refractivity contribution in [2.24, 2.45) is 0 Å². The van der Waals surface area contributed by atoms with Crippen molar-refractivity contribution < 1.29 is 9.53 Å². The number of rotatable bonds is 6. The molecule has 1 atom stereocenters. The van der Waals surface area contributed by atoms with E-state index in [-0.39, 0.29) is 11.9 Å². The lowest BCUT2D eigenvalue weighted by Crippen LogP contribution is -2.37.